The molecule has 10 heteroatoms. The highest BCUT2D eigenvalue weighted by molar-refractivity contribution is 5.96. The third-order valence-corrected chi connectivity index (χ3v) is 7.83. The van der Waals surface area contributed by atoms with Crippen molar-refractivity contribution in [2.75, 3.05) is 64.8 Å². The van der Waals surface area contributed by atoms with E-state index in [0.717, 1.165) is 25.2 Å². The predicted molar refractivity (Wildman–Crippen MR) is 185 cm³/mol. The zero-order valence-electron chi connectivity index (χ0n) is 29.0. The largest absolute Gasteiger partial charge is 0.460 e. The summed E-state index contributed by atoms with van der Waals surface area (Å²) < 4.78 is 66.5. The van der Waals surface area contributed by atoms with Crippen LogP contribution >= 0.6 is 0 Å². The summed E-state index contributed by atoms with van der Waals surface area (Å²) in [6.07, 6.45) is 14.4. The molecule has 0 heterocycles. The number of carbonyl (C=O) groups is 1. The van der Waals surface area contributed by atoms with Crippen molar-refractivity contribution in [3.63, 3.8) is 0 Å². The molecule has 272 valence electrons. The van der Waals surface area contributed by atoms with Crippen molar-refractivity contribution in [3.8, 4) is 0 Å². The number of alkyl halides is 3. The van der Waals surface area contributed by atoms with Crippen LogP contribution in [0.4, 0.5) is 24.5 Å². The van der Waals surface area contributed by atoms with Crippen LogP contribution < -0.4 is 5.32 Å². The molecule has 0 saturated heterocycles. The predicted octanol–water partition coefficient (Wildman–Crippen LogP) is 10.2. The fourth-order valence-corrected chi connectivity index (χ4v) is 5.13. The quantitative estimate of drug-likeness (QED) is 0.0650. The fourth-order valence-electron chi connectivity index (χ4n) is 5.13. The van der Waals surface area contributed by atoms with Gasteiger partial charge in [-0.2, -0.15) is 13.2 Å². The summed E-state index contributed by atoms with van der Waals surface area (Å²) in [7, 11) is 0. The molecule has 0 amide bonds. The normalized spacial score (nSPS) is 11.6. The van der Waals surface area contributed by atoms with E-state index in [1.165, 1.54) is 95.6 Å². The Morgan fingerprint density at radius 1 is 0.583 bits per heavy atom. The second kappa shape index (κ2) is 27.2. The van der Waals surface area contributed by atoms with Gasteiger partial charge >= 0.3 is 12.1 Å². The van der Waals surface area contributed by atoms with Crippen molar-refractivity contribution in [3.05, 3.63) is 59.7 Å². The number of anilines is 2. The Balaban J connectivity index is 1.35. The van der Waals surface area contributed by atoms with Crippen LogP contribution in [0.15, 0.2) is 48.5 Å². The zero-order chi connectivity index (χ0) is 34.5. The van der Waals surface area contributed by atoms with Gasteiger partial charge in [0.1, 0.15) is 6.61 Å². The van der Waals surface area contributed by atoms with E-state index >= 15 is 0 Å². The first-order chi connectivity index (χ1) is 23.4. The van der Waals surface area contributed by atoms with Crippen LogP contribution in [-0.2, 0) is 29.9 Å². The molecule has 0 spiro atoms. The van der Waals surface area contributed by atoms with Crippen molar-refractivity contribution in [2.24, 2.45) is 0 Å². The molecule has 0 aliphatic rings. The maximum Gasteiger partial charge on any atom is 0.416 e. The Labute approximate surface area is 286 Å². The Kier molecular flexibility index (Phi) is 23.5. The minimum atomic E-state index is -4.46. The number of esters is 1. The zero-order valence-corrected chi connectivity index (χ0v) is 29.0. The second-order valence-corrected chi connectivity index (χ2v) is 11.9. The summed E-state index contributed by atoms with van der Waals surface area (Å²) in [5, 5.41) is 2.87. The topological polar surface area (TPSA) is 75.2 Å². The molecule has 2 aromatic rings. The molecule has 0 atom stereocenters. The summed E-state index contributed by atoms with van der Waals surface area (Å²) in [6, 6.07) is 11.2. The van der Waals surface area contributed by atoms with Crippen LogP contribution in [0, 0.1) is 0 Å². The van der Waals surface area contributed by atoms with Gasteiger partial charge < -0.3 is 29.0 Å². The van der Waals surface area contributed by atoms with E-state index in [0.29, 0.717) is 45.3 Å². The van der Waals surface area contributed by atoms with Gasteiger partial charge in [-0.05, 0) is 36.8 Å². The van der Waals surface area contributed by atoms with Gasteiger partial charge in [0, 0.05) is 12.3 Å². The lowest BCUT2D eigenvalue weighted by Gasteiger charge is -2.13. The highest BCUT2D eigenvalue weighted by atomic mass is 19.4. The maximum atomic E-state index is 13.0. The van der Waals surface area contributed by atoms with Crippen LogP contribution in [0.1, 0.15) is 113 Å². The Hall–Kier alpha value is -2.66. The lowest BCUT2D eigenvalue weighted by Crippen LogP contribution is -2.15. The third kappa shape index (κ3) is 20.6. The molecule has 1 N–H and O–H groups in total. The Morgan fingerprint density at radius 3 is 1.60 bits per heavy atom. The smallest absolute Gasteiger partial charge is 0.416 e. The Morgan fingerprint density at radius 2 is 1.06 bits per heavy atom. The number of hydrogen-bond acceptors (Lipinski definition) is 7. The van der Waals surface area contributed by atoms with Gasteiger partial charge in [0.15, 0.2) is 0 Å². The number of benzene rings is 2. The molecule has 7 nitrogen and oxygen atoms in total. The molecule has 0 saturated carbocycles. The standard InChI is InChI=1S/C38H58F3NO6/c1-2-3-4-5-6-7-8-9-10-11-12-13-14-17-23-44-24-25-45-26-27-46-28-29-47-30-31-48-37(43)35-21-15-16-22-36(35)42-34-20-18-19-33(32-34)38(39,40)41/h15-16,18-22,32,42H,2-14,17,23-31H2,1H3. The molecule has 0 aliphatic carbocycles. The number of unbranched alkanes of at least 4 members (excludes halogenated alkanes) is 13. The molecule has 2 rings (SSSR count). The van der Waals surface area contributed by atoms with Gasteiger partial charge in [0.2, 0.25) is 0 Å². The van der Waals surface area contributed by atoms with Gasteiger partial charge in [0.05, 0.1) is 63.1 Å². The van der Waals surface area contributed by atoms with Gasteiger partial charge in [-0.3, -0.25) is 0 Å². The molecule has 48 heavy (non-hydrogen) atoms. The summed E-state index contributed by atoms with van der Waals surface area (Å²) in [6.45, 7) is 6.06. The summed E-state index contributed by atoms with van der Waals surface area (Å²) in [4.78, 5) is 12.6. The molecule has 0 fully saturated rings. The van der Waals surface area contributed by atoms with E-state index in [9.17, 15) is 18.0 Å². The molecule has 0 radical (unpaired) electrons. The van der Waals surface area contributed by atoms with Gasteiger partial charge in [-0.1, -0.05) is 109 Å². The number of nitrogens with one attached hydrogen (secondary N) is 1. The number of halogens is 3. The van der Waals surface area contributed by atoms with E-state index < -0.39 is 17.7 Å². The van der Waals surface area contributed by atoms with Crippen LogP contribution in [0.5, 0.6) is 0 Å². The number of rotatable bonds is 30. The van der Waals surface area contributed by atoms with E-state index in [-0.39, 0.29) is 24.5 Å². The SMILES string of the molecule is CCCCCCCCCCCCCCCCOCCOCCOCCOCCOC(=O)c1ccccc1Nc1cccc(C(F)(F)F)c1. The molecule has 0 aromatic heterocycles. The van der Waals surface area contributed by atoms with Crippen molar-refractivity contribution in [1.82, 2.24) is 0 Å². The molecule has 0 unspecified atom stereocenters. The first-order valence-corrected chi connectivity index (χ1v) is 17.9. The summed E-state index contributed by atoms with van der Waals surface area (Å²) in [5.41, 5.74) is -0.0208. The number of para-hydroxylation sites is 1. The molecule has 2 aromatic carbocycles. The van der Waals surface area contributed by atoms with Gasteiger partial charge in [0.25, 0.3) is 0 Å². The molecule has 0 bridgehead atoms. The molecule has 0 aliphatic heterocycles. The minimum absolute atomic E-state index is 0.0270. The van der Waals surface area contributed by atoms with E-state index in [2.05, 4.69) is 12.2 Å². The van der Waals surface area contributed by atoms with Crippen molar-refractivity contribution >= 4 is 17.3 Å². The summed E-state index contributed by atoms with van der Waals surface area (Å²) >= 11 is 0. The molecular weight excluding hydrogens is 623 g/mol. The first kappa shape index (κ1) is 41.5. The average molecular weight is 682 g/mol. The van der Waals surface area contributed by atoms with Gasteiger partial charge in [-0.25, -0.2) is 4.79 Å². The van der Waals surface area contributed by atoms with Crippen molar-refractivity contribution in [1.29, 1.82) is 0 Å². The first-order valence-electron chi connectivity index (χ1n) is 17.9. The van der Waals surface area contributed by atoms with Crippen LogP contribution in [0.2, 0.25) is 0 Å². The lowest BCUT2D eigenvalue weighted by atomic mass is 10.0. The Bertz CT molecular complexity index is 1080. The van der Waals surface area contributed by atoms with Crippen LogP contribution in [0.3, 0.4) is 0 Å². The molecular formula is C38H58F3NO6. The van der Waals surface area contributed by atoms with E-state index in [1.54, 1.807) is 24.3 Å². The highest BCUT2D eigenvalue weighted by Gasteiger charge is 2.30. The number of ether oxygens (including phenoxy) is 5. The average Bonchev–Trinajstić information content (AvgIpc) is 3.08. The number of carbonyl (C=O) groups excluding carboxylic acids is 1. The van der Waals surface area contributed by atoms with Crippen molar-refractivity contribution in [2.45, 2.75) is 103 Å². The monoisotopic (exact) mass is 681 g/mol. The van der Waals surface area contributed by atoms with Crippen molar-refractivity contribution < 1.29 is 41.7 Å². The van der Waals surface area contributed by atoms with Crippen LogP contribution in [0.25, 0.3) is 0 Å². The fraction of sp³-hybridized carbons (Fsp3) is 0.658. The lowest BCUT2D eigenvalue weighted by molar-refractivity contribution is -0.137. The van der Waals surface area contributed by atoms with E-state index in [1.807, 2.05) is 0 Å². The number of hydrogen-bond donors (Lipinski definition) is 1. The maximum absolute atomic E-state index is 13.0. The van der Waals surface area contributed by atoms with E-state index in [4.69, 9.17) is 23.7 Å². The highest BCUT2D eigenvalue weighted by Crippen LogP contribution is 2.32. The summed E-state index contributed by atoms with van der Waals surface area (Å²) in [5.74, 6) is -0.606. The van der Waals surface area contributed by atoms with Crippen LogP contribution in [-0.4, -0.2) is 65.4 Å². The minimum Gasteiger partial charge on any atom is -0.460 e. The third-order valence-electron chi connectivity index (χ3n) is 7.83. The second-order valence-electron chi connectivity index (χ2n) is 11.9. The van der Waals surface area contributed by atoms with Gasteiger partial charge in [-0.15, -0.1) is 0 Å².